The van der Waals surface area contributed by atoms with Gasteiger partial charge in [-0.1, -0.05) is 25.4 Å². The van der Waals surface area contributed by atoms with Crippen molar-refractivity contribution >= 4 is 23.3 Å². The van der Waals surface area contributed by atoms with Crippen molar-refractivity contribution in [2.24, 2.45) is 0 Å². The third kappa shape index (κ3) is 2.74. The summed E-state index contributed by atoms with van der Waals surface area (Å²) in [6.45, 7) is 3.60. The molecule has 5 heteroatoms. The minimum Gasteiger partial charge on any atom is -0.480 e. The van der Waals surface area contributed by atoms with Gasteiger partial charge in [0.25, 0.3) is 0 Å². The fraction of sp³-hybridized carbons (Fsp3) is 0.385. The standard InChI is InChI=1S/C13H15ClN2O2/c1-3-13(4-2,12(17)18)16-11-6-5-10(14)7-9(11)8-15/h5-7,16H,3-4H2,1-2H3,(H,17,18). The van der Waals surface area contributed by atoms with Crippen LogP contribution in [0.15, 0.2) is 18.2 Å². The van der Waals surface area contributed by atoms with E-state index in [-0.39, 0.29) is 0 Å². The number of anilines is 1. The smallest absolute Gasteiger partial charge is 0.329 e. The Morgan fingerprint density at radius 2 is 2.11 bits per heavy atom. The Morgan fingerprint density at radius 3 is 2.56 bits per heavy atom. The monoisotopic (exact) mass is 266 g/mol. The largest absolute Gasteiger partial charge is 0.480 e. The average molecular weight is 267 g/mol. The van der Waals surface area contributed by atoms with E-state index in [0.29, 0.717) is 29.1 Å². The molecule has 0 spiro atoms. The Morgan fingerprint density at radius 1 is 1.50 bits per heavy atom. The first-order valence-corrected chi connectivity index (χ1v) is 6.08. The van der Waals surface area contributed by atoms with Gasteiger partial charge < -0.3 is 10.4 Å². The number of nitrogens with one attached hydrogen (secondary N) is 1. The Hall–Kier alpha value is -1.73. The fourth-order valence-corrected chi connectivity index (χ4v) is 1.93. The Labute approximate surface area is 111 Å². The maximum Gasteiger partial charge on any atom is 0.329 e. The van der Waals surface area contributed by atoms with Crippen LogP contribution in [0.2, 0.25) is 5.02 Å². The van der Waals surface area contributed by atoms with Crippen LogP contribution in [-0.2, 0) is 4.79 Å². The van der Waals surface area contributed by atoms with Crippen LogP contribution in [0, 0.1) is 11.3 Å². The number of carbonyl (C=O) groups is 1. The van der Waals surface area contributed by atoms with E-state index in [1.54, 1.807) is 26.0 Å². The Balaban J connectivity index is 3.17. The number of halogens is 1. The molecule has 1 aromatic rings. The third-order valence-corrected chi connectivity index (χ3v) is 3.33. The Bertz CT molecular complexity index is 490. The van der Waals surface area contributed by atoms with E-state index in [9.17, 15) is 9.90 Å². The van der Waals surface area contributed by atoms with E-state index < -0.39 is 11.5 Å². The van der Waals surface area contributed by atoms with Crippen LogP contribution >= 0.6 is 11.6 Å². The molecule has 0 saturated heterocycles. The van der Waals surface area contributed by atoms with Crippen molar-refractivity contribution in [1.82, 2.24) is 0 Å². The van der Waals surface area contributed by atoms with Crippen LogP contribution in [0.5, 0.6) is 0 Å². The fourth-order valence-electron chi connectivity index (χ4n) is 1.76. The highest BCUT2D eigenvalue weighted by molar-refractivity contribution is 6.30. The van der Waals surface area contributed by atoms with Gasteiger partial charge in [-0.05, 0) is 31.0 Å². The van der Waals surface area contributed by atoms with E-state index in [2.05, 4.69) is 5.32 Å². The van der Waals surface area contributed by atoms with Crippen LogP contribution in [0.4, 0.5) is 5.69 Å². The zero-order chi connectivity index (χ0) is 13.8. The highest BCUT2D eigenvalue weighted by atomic mass is 35.5. The van der Waals surface area contributed by atoms with E-state index in [1.807, 2.05) is 6.07 Å². The summed E-state index contributed by atoms with van der Waals surface area (Å²) in [5, 5.41) is 21.8. The molecule has 0 heterocycles. The van der Waals surface area contributed by atoms with Crippen molar-refractivity contribution in [2.45, 2.75) is 32.2 Å². The molecule has 4 nitrogen and oxygen atoms in total. The Kier molecular flexibility index (Phi) is 4.57. The van der Waals surface area contributed by atoms with Crippen molar-refractivity contribution in [1.29, 1.82) is 5.26 Å². The predicted molar refractivity (Wildman–Crippen MR) is 70.7 cm³/mol. The number of carboxylic acids is 1. The lowest BCUT2D eigenvalue weighted by Gasteiger charge is -2.29. The molecule has 0 atom stereocenters. The first-order valence-electron chi connectivity index (χ1n) is 5.70. The van der Waals surface area contributed by atoms with Crippen LogP contribution in [0.1, 0.15) is 32.3 Å². The van der Waals surface area contributed by atoms with Gasteiger partial charge in [-0.2, -0.15) is 5.26 Å². The predicted octanol–water partition coefficient (Wildman–Crippen LogP) is 3.27. The molecular formula is C13H15ClN2O2. The zero-order valence-corrected chi connectivity index (χ0v) is 11.1. The second-order valence-corrected chi connectivity index (χ2v) is 4.46. The van der Waals surface area contributed by atoms with Crippen LogP contribution in [-0.4, -0.2) is 16.6 Å². The summed E-state index contributed by atoms with van der Waals surface area (Å²) in [7, 11) is 0. The van der Waals surface area contributed by atoms with Crippen molar-refractivity contribution in [3.63, 3.8) is 0 Å². The van der Waals surface area contributed by atoms with Crippen molar-refractivity contribution in [3.8, 4) is 6.07 Å². The van der Waals surface area contributed by atoms with E-state index >= 15 is 0 Å². The zero-order valence-electron chi connectivity index (χ0n) is 10.3. The lowest BCUT2D eigenvalue weighted by Crippen LogP contribution is -2.45. The molecule has 2 N–H and O–H groups in total. The molecular weight excluding hydrogens is 252 g/mol. The number of nitrogens with zero attached hydrogens (tertiary/aromatic N) is 1. The van der Waals surface area contributed by atoms with Gasteiger partial charge in [0, 0.05) is 5.02 Å². The third-order valence-electron chi connectivity index (χ3n) is 3.09. The van der Waals surface area contributed by atoms with Gasteiger partial charge in [-0.15, -0.1) is 0 Å². The van der Waals surface area contributed by atoms with Gasteiger partial charge >= 0.3 is 5.97 Å². The van der Waals surface area contributed by atoms with Gasteiger partial charge in [0.2, 0.25) is 0 Å². The number of aliphatic carboxylic acids is 1. The number of hydrogen-bond acceptors (Lipinski definition) is 3. The summed E-state index contributed by atoms with van der Waals surface area (Å²) in [5.41, 5.74) is -0.220. The summed E-state index contributed by atoms with van der Waals surface area (Å²) in [4.78, 5) is 11.4. The van der Waals surface area contributed by atoms with Crippen LogP contribution in [0.3, 0.4) is 0 Å². The molecule has 1 aromatic carbocycles. The molecule has 0 amide bonds. The summed E-state index contributed by atoms with van der Waals surface area (Å²) >= 11 is 5.80. The van der Waals surface area contributed by atoms with Gasteiger partial charge in [-0.25, -0.2) is 4.79 Å². The maximum atomic E-state index is 11.4. The van der Waals surface area contributed by atoms with Gasteiger partial charge in [0.05, 0.1) is 11.3 Å². The normalized spacial score (nSPS) is 10.8. The first kappa shape index (κ1) is 14.3. The quantitative estimate of drug-likeness (QED) is 0.858. The van der Waals surface area contributed by atoms with Crippen molar-refractivity contribution < 1.29 is 9.90 Å². The van der Waals surface area contributed by atoms with E-state index in [1.165, 1.54) is 6.07 Å². The summed E-state index contributed by atoms with van der Waals surface area (Å²) in [6.07, 6.45) is 0.846. The first-order chi connectivity index (χ1) is 8.49. The molecule has 0 fully saturated rings. The van der Waals surface area contributed by atoms with Crippen LogP contribution in [0.25, 0.3) is 0 Å². The molecule has 0 aliphatic carbocycles. The molecule has 0 aromatic heterocycles. The second-order valence-electron chi connectivity index (χ2n) is 4.02. The molecule has 18 heavy (non-hydrogen) atoms. The minimum absolute atomic E-state index is 0.343. The molecule has 96 valence electrons. The van der Waals surface area contributed by atoms with Crippen molar-refractivity contribution in [2.75, 3.05) is 5.32 Å². The summed E-state index contributed by atoms with van der Waals surface area (Å²) < 4.78 is 0. The summed E-state index contributed by atoms with van der Waals surface area (Å²) in [6, 6.07) is 6.78. The highest BCUT2D eigenvalue weighted by Crippen LogP contribution is 2.27. The molecule has 1 rings (SSSR count). The maximum absolute atomic E-state index is 11.4. The minimum atomic E-state index is -1.06. The SMILES string of the molecule is CCC(CC)(Nc1ccc(Cl)cc1C#N)C(=O)O. The van der Waals surface area contributed by atoms with Gasteiger partial charge in [0.15, 0.2) is 0 Å². The van der Waals surface area contributed by atoms with E-state index in [4.69, 9.17) is 16.9 Å². The number of hydrogen-bond donors (Lipinski definition) is 2. The number of nitriles is 1. The highest BCUT2D eigenvalue weighted by Gasteiger charge is 2.35. The number of carboxylic acid groups (broad SMARTS) is 1. The summed E-state index contributed by atoms with van der Waals surface area (Å²) in [5.74, 6) is -0.925. The molecule has 0 aliphatic heterocycles. The number of benzene rings is 1. The lowest BCUT2D eigenvalue weighted by atomic mass is 9.92. The average Bonchev–Trinajstić information content (AvgIpc) is 2.37. The van der Waals surface area contributed by atoms with Crippen molar-refractivity contribution in [3.05, 3.63) is 28.8 Å². The van der Waals surface area contributed by atoms with E-state index in [0.717, 1.165) is 0 Å². The molecule has 0 bridgehead atoms. The topological polar surface area (TPSA) is 73.1 Å². The van der Waals surface area contributed by atoms with Gasteiger partial charge in [0.1, 0.15) is 11.6 Å². The molecule has 0 unspecified atom stereocenters. The van der Waals surface area contributed by atoms with Crippen LogP contribution < -0.4 is 5.32 Å². The molecule has 0 aliphatic rings. The number of rotatable bonds is 5. The molecule has 0 saturated carbocycles. The van der Waals surface area contributed by atoms with Gasteiger partial charge in [-0.3, -0.25) is 0 Å². The second kappa shape index (κ2) is 5.74. The molecule has 0 radical (unpaired) electrons. The lowest BCUT2D eigenvalue weighted by molar-refractivity contribution is -0.142.